The number of nitrogens with zero attached hydrogens (tertiary/aromatic N) is 1. The van der Waals surface area contributed by atoms with Gasteiger partial charge in [0.1, 0.15) is 10.9 Å². The average molecular weight is 282 g/mol. The van der Waals surface area contributed by atoms with Gasteiger partial charge in [0.25, 0.3) is 0 Å². The first-order valence-corrected chi connectivity index (χ1v) is 6.58. The third-order valence-electron chi connectivity index (χ3n) is 2.31. The monoisotopic (exact) mass is 281 g/mol. The lowest BCUT2D eigenvalue weighted by Gasteiger charge is -2.08. The Morgan fingerprint density at radius 2 is 2.33 bits per heavy atom. The van der Waals surface area contributed by atoms with Crippen molar-refractivity contribution in [2.24, 2.45) is 5.73 Å². The van der Waals surface area contributed by atoms with Crippen molar-refractivity contribution in [2.45, 2.75) is 6.42 Å². The summed E-state index contributed by atoms with van der Waals surface area (Å²) in [6.07, 6.45) is 2.34. The van der Waals surface area contributed by atoms with Crippen molar-refractivity contribution in [3.63, 3.8) is 0 Å². The number of thiophene rings is 1. The Balaban J connectivity index is 2.01. The van der Waals surface area contributed by atoms with Crippen LogP contribution in [0.5, 0.6) is 5.88 Å². The molecule has 3 N–H and O–H groups in total. The van der Waals surface area contributed by atoms with E-state index in [0.29, 0.717) is 18.1 Å². The molecule has 0 amide bonds. The fourth-order valence-corrected chi connectivity index (χ4v) is 2.39. The van der Waals surface area contributed by atoms with Crippen LogP contribution in [-0.4, -0.2) is 17.4 Å². The second-order valence-corrected chi connectivity index (χ2v) is 4.98. The molecule has 0 aliphatic rings. The lowest BCUT2D eigenvalue weighted by atomic mass is 10.2. The molecule has 4 nitrogen and oxygen atoms in total. The summed E-state index contributed by atoms with van der Waals surface area (Å²) in [7, 11) is 0. The Kier molecular flexibility index (Phi) is 4.17. The van der Waals surface area contributed by atoms with E-state index in [9.17, 15) is 0 Å². The number of nitrogens with two attached hydrogens (primary N) is 1. The van der Waals surface area contributed by atoms with Crippen molar-refractivity contribution in [3.8, 4) is 5.88 Å². The molecule has 18 heavy (non-hydrogen) atoms. The average Bonchev–Trinajstić information content (AvgIpc) is 2.84. The van der Waals surface area contributed by atoms with Gasteiger partial charge in [-0.1, -0.05) is 17.7 Å². The first-order valence-electron chi connectivity index (χ1n) is 5.32. The number of halogens is 1. The Labute approximate surface area is 114 Å². The first-order chi connectivity index (χ1) is 8.68. The van der Waals surface area contributed by atoms with Crippen LogP contribution in [0, 0.1) is 5.41 Å². The summed E-state index contributed by atoms with van der Waals surface area (Å²) in [5.74, 6) is 0.228. The lowest BCUT2D eigenvalue weighted by Crippen LogP contribution is -2.13. The Morgan fingerprint density at radius 1 is 1.50 bits per heavy atom. The van der Waals surface area contributed by atoms with Gasteiger partial charge in [0, 0.05) is 23.1 Å². The molecule has 0 aromatic carbocycles. The maximum Gasteiger partial charge on any atom is 0.233 e. The van der Waals surface area contributed by atoms with Gasteiger partial charge in [0.15, 0.2) is 0 Å². The third-order valence-corrected chi connectivity index (χ3v) is 3.62. The Bertz CT molecular complexity index is 542. The molecule has 6 heteroatoms. The summed E-state index contributed by atoms with van der Waals surface area (Å²) in [6.45, 7) is 0.495. The second-order valence-electron chi connectivity index (χ2n) is 3.57. The van der Waals surface area contributed by atoms with Crippen LogP contribution in [0.15, 0.2) is 29.8 Å². The minimum Gasteiger partial charge on any atom is -0.476 e. The van der Waals surface area contributed by atoms with Crippen molar-refractivity contribution in [3.05, 3.63) is 45.2 Å². The summed E-state index contributed by atoms with van der Waals surface area (Å²) >= 11 is 7.74. The van der Waals surface area contributed by atoms with Gasteiger partial charge in [-0.05, 0) is 17.5 Å². The van der Waals surface area contributed by atoms with Gasteiger partial charge in [0.2, 0.25) is 5.88 Å². The molecule has 2 aromatic rings. The van der Waals surface area contributed by atoms with Gasteiger partial charge in [-0.3, -0.25) is 5.41 Å². The molecule has 0 spiro atoms. The van der Waals surface area contributed by atoms with Crippen LogP contribution in [0.3, 0.4) is 0 Å². The van der Waals surface area contributed by atoms with Crippen LogP contribution in [0.4, 0.5) is 0 Å². The summed E-state index contributed by atoms with van der Waals surface area (Å²) in [5.41, 5.74) is 5.85. The van der Waals surface area contributed by atoms with E-state index in [1.54, 1.807) is 17.4 Å². The molecule has 0 radical (unpaired) electrons. The van der Waals surface area contributed by atoms with E-state index in [2.05, 4.69) is 11.1 Å². The van der Waals surface area contributed by atoms with Crippen molar-refractivity contribution in [1.82, 2.24) is 4.98 Å². The van der Waals surface area contributed by atoms with Gasteiger partial charge in [0.05, 0.1) is 6.61 Å². The molecular weight excluding hydrogens is 270 g/mol. The van der Waals surface area contributed by atoms with Gasteiger partial charge in [-0.25, -0.2) is 4.98 Å². The quantitative estimate of drug-likeness (QED) is 0.654. The maximum absolute atomic E-state index is 7.38. The van der Waals surface area contributed by atoms with Crippen molar-refractivity contribution in [1.29, 1.82) is 5.41 Å². The zero-order valence-electron chi connectivity index (χ0n) is 9.52. The highest BCUT2D eigenvalue weighted by Crippen LogP contribution is 2.25. The van der Waals surface area contributed by atoms with Crippen LogP contribution in [-0.2, 0) is 6.42 Å². The number of pyridine rings is 1. The van der Waals surface area contributed by atoms with Gasteiger partial charge in [-0.2, -0.15) is 0 Å². The number of nitrogens with one attached hydrogen (secondary N) is 1. The molecule has 0 aliphatic heterocycles. The number of ether oxygens (including phenoxy) is 1. The summed E-state index contributed by atoms with van der Waals surface area (Å²) in [5, 5.41) is 9.69. The molecular formula is C12H12ClN3OS. The fourth-order valence-electron chi connectivity index (χ4n) is 1.44. The van der Waals surface area contributed by atoms with Crippen LogP contribution in [0.25, 0.3) is 0 Å². The molecule has 0 fully saturated rings. The van der Waals surface area contributed by atoms with E-state index in [1.807, 2.05) is 11.4 Å². The van der Waals surface area contributed by atoms with Crippen molar-refractivity contribution >= 4 is 28.8 Å². The predicted molar refractivity (Wildman–Crippen MR) is 73.8 cm³/mol. The largest absolute Gasteiger partial charge is 0.476 e. The minimum atomic E-state index is -0.0921. The van der Waals surface area contributed by atoms with E-state index in [0.717, 1.165) is 6.42 Å². The number of aromatic nitrogens is 1. The number of hydrogen-bond acceptors (Lipinski definition) is 4. The number of amidine groups is 1. The molecule has 0 atom stereocenters. The van der Waals surface area contributed by atoms with Crippen LogP contribution in [0.1, 0.15) is 10.4 Å². The molecule has 0 saturated carbocycles. The standard InChI is InChI=1S/C12H12ClN3OS/c13-10-9(11(14)15)3-5-16-12(10)17-6-4-8-2-1-7-18-8/h1-3,5,7H,4,6H2,(H3,14,15). The first kappa shape index (κ1) is 12.9. The van der Waals surface area contributed by atoms with Crippen LogP contribution >= 0.6 is 22.9 Å². The lowest BCUT2D eigenvalue weighted by molar-refractivity contribution is 0.310. The molecule has 2 heterocycles. The summed E-state index contributed by atoms with van der Waals surface area (Å²) in [6, 6.07) is 5.65. The Hall–Kier alpha value is -1.59. The zero-order valence-corrected chi connectivity index (χ0v) is 11.1. The smallest absolute Gasteiger partial charge is 0.233 e. The minimum absolute atomic E-state index is 0.0921. The maximum atomic E-state index is 7.38. The molecule has 0 bridgehead atoms. The molecule has 0 aliphatic carbocycles. The number of nitrogen functional groups attached to an aromatic ring is 1. The van der Waals surface area contributed by atoms with E-state index in [4.69, 9.17) is 27.5 Å². The summed E-state index contributed by atoms with van der Waals surface area (Å²) < 4.78 is 5.51. The number of hydrogen-bond donors (Lipinski definition) is 2. The third kappa shape index (κ3) is 3.00. The normalized spacial score (nSPS) is 10.3. The highest BCUT2D eigenvalue weighted by molar-refractivity contribution is 7.09. The molecule has 2 aromatic heterocycles. The van der Waals surface area contributed by atoms with Crippen molar-refractivity contribution < 1.29 is 4.74 Å². The molecule has 0 unspecified atom stereocenters. The van der Waals surface area contributed by atoms with E-state index in [-0.39, 0.29) is 10.9 Å². The van der Waals surface area contributed by atoms with E-state index >= 15 is 0 Å². The molecule has 94 valence electrons. The zero-order chi connectivity index (χ0) is 13.0. The van der Waals surface area contributed by atoms with Gasteiger partial charge < -0.3 is 10.5 Å². The Morgan fingerprint density at radius 3 is 3.00 bits per heavy atom. The fraction of sp³-hybridized carbons (Fsp3) is 0.167. The van der Waals surface area contributed by atoms with Crippen LogP contribution in [0.2, 0.25) is 5.02 Å². The van der Waals surface area contributed by atoms with Crippen LogP contribution < -0.4 is 10.5 Å². The highest BCUT2D eigenvalue weighted by Gasteiger charge is 2.10. The van der Waals surface area contributed by atoms with E-state index < -0.39 is 0 Å². The molecule has 0 saturated heterocycles. The van der Waals surface area contributed by atoms with Gasteiger partial charge >= 0.3 is 0 Å². The second kappa shape index (κ2) is 5.84. The van der Waals surface area contributed by atoms with E-state index in [1.165, 1.54) is 11.1 Å². The molecule has 2 rings (SSSR count). The predicted octanol–water partition coefficient (Wildman–Crippen LogP) is 2.70. The topological polar surface area (TPSA) is 72.0 Å². The SMILES string of the molecule is N=C(N)c1ccnc(OCCc2cccs2)c1Cl. The summed E-state index contributed by atoms with van der Waals surface area (Å²) in [4.78, 5) is 5.28. The number of rotatable bonds is 5. The van der Waals surface area contributed by atoms with Gasteiger partial charge in [-0.15, -0.1) is 11.3 Å². The van der Waals surface area contributed by atoms with Crippen molar-refractivity contribution in [2.75, 3.05) is 6.61 Å². The highest BCUT2D eigenvalue weighted by atomic mass is 35.5.